The third kappa shape index (κ3) is 2.28. The molecule has 4 heteroatoms. The Morgan fingerprint density at radius 2 is 2.21 bits per heavy atom. The molecule has 0 saturated carbocycles. The third-order valence-corrected chi connectivity index (χ3v) is 4.00. The van der Waals surface area contributed by atoms with Crippen molar-refractivity contribution in [3.05, 3.63) is 35.8 Å². The molecule has 19 heavy (non-hydrogen) atoms. The van der Waals surface area contributed by atoms with E-state index in [0.717, 1.165) is 30.7 Å². The van der Waals surface area contributed by atoms with Gasteiger partial charge in [-0.15, -0.1) is 0 Å². The molecular weight excluding hydrogens is 238 g/mol. The molecule has 0 amide bonds. The van der Waals surface area contributed by atoms with Crippen LogP contribution in [0.15, 0.2) is 24.5 Å². The number of likely N-dealkylation sites (tertiary alicyclic amines) is 1. The van der Waals surface area contributed by atoms with Crippen LogP contribution in [0.5, 0.6) is 0 Å². The standard InChI is InChI=1S/C15H19N3O/c1-11(2)17-6-5-13(8-17)14-9-18-7-12(10-19)3-4-15(18)16-14/h3-4,7,9-11,13H,5-6,8H2,1-2H3. The summed E-state index contributed by atoms with van der Waals surface area (Å²) in [5.74, 6) is 0.516. The van der Waals surface area contributed by atoms with Crippen LogP contribution in [0.3, 0.4) is 0 Å². The Hall–Kier alpha value is -1.68. The highest BCUT2D eigenvalue weighted by Crippen LogP contribution is 2.27. The van der Waals surface area contributed by atoms with Crippen LogP contribution in [-0.2, 0) is 0 Å². The summed E-state index contributed by atoms with van der Waals surface area (Å²) in [5, 5.41) is 0. The lowest BCUT2D eigenvalue weighted by atomic mass is 10.1. The van der Waals surface area contributed by atoms with Crippen molar-refractivity contribution in [2.45, 2.75) is 32.2 Å². The number of carbonyl (C=O) groups excluding carboxylic acids is 1. The van der Waals surface area contributed by atoms with Crippen molar-refractivity contribution in [1.29, 1.82) is 0 Å². The summed E-state index contributed by atoms with van der Waals surface area (Å²) in [6.45, 7) is 6.71. The summed E-state index contributed by atoms with van der Waals surface area (Å²) in [6, 6.07) is 4.32. The SMILES string of the molecule is CC(C)N1CCC(c2cn3cc(C=O)ccc3n2)C1. The van der Waals surface area contributed by atoms with Gasteiger partial charge in [0.2, 0.25) is 0 Å². The first-order valence-corrected chi connectivity index (χ1v) is 6.85. The normalized spacial score (nSPS) is 20.5. The van der Waals surface area contributed by atoms with Crippen LogP contribution in [-0.4, -0.2) is 39.7 Å². The maximum atomic E-state index is 10.8. The van der Waals surface area contributed by atoms with Gasteiger partial charge in [-0.3, -0.25) is 4.79 Å². The van der Waals surface area contributed by atoms with Gasteiger partial charge in [0.15, 0.2) is 6.29 Å². The Kier molecular flexibility index (Phi) is 3.11. The van der Waals surface area contributed by atoms with Gasteiger partial charge in [-0.1, -0.05) is 0 Å². The van der Waals surface area contributed by atoms with E-state index in [0.29, 0.717) is 17.5 Å². The summed E-state index contributed by atoms with van der Waals surface area (Å²) < 4.78 is 1.96. The first-order valence-electron chi connectivity index (χ1n) is 6.85. The highest BCUT2D eigenvalue weighted by molar-refractivity contribution is 5.74. The molecule has 0 radical (unpaired) electrons. The fourth-order valence-corrected chi connectivity index (χ4v) is 2.79. The maximum absolute atomic E-state index is 10.8. The Labute approximate surface area is 113 Å². The Bertz CT molecular complexity index is 602. The summed E-state index contributed by atoms with van der Waals surface area (Å²) in [4.78, 5) is 18.0. The quantitative estimate of drug-likeness (QED) is 0.792. The van der Waals surface area contributed by atoms with E-state index in [1.165, 1.54) is 6.42 Å². The van der Waals surface area contributed by atoms with Gasteiger partial charge >= 0.3 is 0 Å². The lowest BCUT2D eigenvalue weighted by molar-refractivity contribution is 0.112. The number of nitrogens with zero attached hydrogens (tertiary/aromatic N) is 3. The fourth-order valence-electron chi connectivity index (χ4n) is 2.79. The van der Waals surface area contributed by atoms with Crippen LogP contribution < -0.4 is 0 Å². The van der Waals surface area contributed by atoms with Gasteiger partial charge < -0.3 is 9.30 Å². The van der Waals surface area contributed by atoms with E-state index in [4.69, 9.17) is 0 Å². The minimum Gasteiger partial charge on any atom is -0.306 e. The number of hydrogen-bond acceptors (Lipinski definition) is 3. The molecule has 3 heterocycles. The maximum Gasteiger partial charge on any atom is 0.151 e. The van der Waals surface area contributed by atoms with Crippen LogP contribution in [0.1, 0.15) is 42.2 Å². The largest absolute Gasteiger partial charge is 0.306 e. The first-order chi connectivity index (χ1) is 9.17. The molecule has 3 rings (SSSR count). The highest BCUT2D eigenvalue weighted by Gasteiger charge is 2.27. The minimum absolute atomic E-state index is 0.516. The average Bonchev–Trinajstić information content (AvgIpc) is 3.04. The molecule has 0 N–H and O–H groups in total. The zero-order valence-electron chi connectivity index (χ0n) is 11.4. The van der Waals surface area contributed by atoms with Crippen LogP contribution in [0.2, 0.25) is 0 Å². The second kappa shape index (κ2) is 4.78. The monoisotopic (exact) mass is 257 g/mol. The molecule has 2 aromatic rings. The molecule has 2 aromatic heterocycles. The molecule has 1 fully saturated rings. The van der Waals surface area contributed by atoms with E-state index < -0.39 is 0 Å². The van der Waals surface area contributed by atoms with E-state index in [1.54, 1.807) is 0 Å². The number of imidazole rings is 1. The summed E-state index contributed by atoms with van der Waals surface area (Å²) in [5.41, 5.74) is 2.75. The second-order valence-electron chi connectivity index (χ2n) is 5.59. The van der Waals surface area contributed by atoms with Gasteiger partial charge in [-0.25, -0.2) is 4.98 Å². The van der Waals surface area contributed by atoms with E-state index in [1.807, 2.05) is 22.7 Å². The van der Waals surface area contributed by atoms with Gasteiger partial charge in [0.25, 0.3) is 0 Å². The third-order valence-electron chi connectivity index (χ3n) is 4.00. The number of aromatic nitrogens is 2. The number of fused-ring (bicyclic) bond motifs is 1. The number of carbonyl (C=O) groups is 1. The van der Waals surface area contributed by atoms with E-state index in [9.17, 15) is 4.79 Å². The molecule has 4 nitrogen and oxygen atoms in total. The Balaban J connectivity index is 1.88. The molecule has 0 aromatic carbocycles. The fraction of sp³-hybridized carbons (Fsp3) is 0.467. The smallest absolute Gasteiger partial charge is 0.151 e. The molecule has 1 atom stereocenters. The Morgan fingerprint density at radius 3 is 2.89 bits per heavy atom. The number of aldehydes is 1. The first kappa shape index (κ1) is 12.4. The van der Waals surface area contributed by atoms with E-state index in [-0.39, 0.29) is 0 Å². The van der Waals surface area contributed by atoms with Gasteiger partial charge in [-0.2, -0.15) is 0 Å². The molecule has 0 bridgehead atoms. The van der Waals surface area contributed by atoms with Crippen LogP contribution in [0.25, 0.3) is 5.65 Å². The summed E-state index contributed by atoms with van der Waals surface area (Å²) in [6.07, 6.45) is 5.95. The predicted octanol–water partition coefficient (Wildman–Crippen LogP) is 2.34. The topological polar surface area (TPSA) is 37.6 Å². The lowest BCUT2D eigenvalue weighted by Gasteiger charge is -2.19. The van der Waals surface area contributed by atoms with Crippen molar-refractivity contribution in [2.24, 2.45) is 0 Å². The Morgan fingerprint density at radius 1 is 1.37 bits per heavy atom. The van der Waals surface area contributed by atoms with Crippen molar-refractivity contribution >= 4 is 11.9 Å². The highest BCUT2D eigenvalue weighted by atomic mass is 16.1. The molecular formula is C15H19N3O. The van der Waals surface area contributed by atoms with Crippen LogP contribution >= 0.6 is 0 Å². The van der Waals surface area contributed by atoms with Gasteiger partial charge in [0.05, 0.1) is 5.69 Å². The van der Waals surface area contributed by atoms with Gasteiger partial charge in [0.1, 0.15) is 5.65 Å². The van der Waals surface area contributed by atoms with Gasteiger partial charge in [0, 0.05) is 36.5 Å². The van der Waals surface area contributed by atoms with E-state index >= 15 is 0 Å². The van der Waals surface area contributed by atoms with Crippen molar-refractivity contribution in [3.63, 3.8) is 0 Å². The molecule has 0 spiro atoms. The van der Waals surface area contributed by atoms with Crippen molar-refractivity contribution in [1.82, 2.24) is 14.3 Å². The molecule has 1 saturated heterocycles. The molecule has 1 unspecified atom stereocenters. The zero-order chi connectivity index (χ0) is 13.4. The number of rotatable bonds is 3. The minimum atomic E-state index is 0.516. The average molecular weight is 257 g/mol. The van der Waals surface area contributed by atoms with Crippen LogP contribution in [0, 0.1) is 0 Å². The van der Waals surface area contributed by atoms with Crippen molar-refractivity contribution < 1.29 is 4.79 Å². The molecule has 1 aliphatic rings. The predicted molar refractivity (Wildman–Crippen MR) is 74.6 cm³/mol. The summed E-state index contributed by atoms with van der Waals surface area (Å²) in [7, 11) is 0. The molecule has 0 aliphatic carbocycles. The molecule has 100 valence electrons. The van der Waals surface area contributed by atoms with Gasteiger partial charge in [-0.05, 0) is 38.9 Å². The number of pyridine rings is 1. The van der Waals surface area contributed by atoms with Crippen LogP contribution in [0.4, 0.5) is 0 Å². The molecule has 1 aliphatic heterocycles. The lowest BCUT2D eigenvalue weighted by Crippen LogP contribution is -2.27. The van der Waals surface area contributed by atoms with E-state index in [2.05, 4.69) is 29.9 Å². The van der Waals surface area contributed by atoms with Crippen molar-refractivity contribution in [3.8, 4) is 0 Å². The summed E-state index contributed by atoms with van der Waals surface area (Å²) >= 11 is 0. The second-order valence-corrected chi connectivity index (χ2v) is 5.59. The number of hydrogen-bond donors (Lipinski definition) is 0. The van der Waals surface area contributed by atoms with Crippen molar-refractivity contribution in [2.75, 3.05) is 13.1 Å². The zero-order valence-corrected chi connectivity index (χ0v) is 11.4.